The van der Waals surface area contributed by atoms with Crippen LogP contribution in [0.1, 0.15) is 24.0 Å². The van der Waals surface area contributed by atoms with E-state index in [0.717, 1.165) is 6.54 Å². The Morgan fingerprint density at radius 1 is 1.44 bits per heavy atom. The first-order valence-electron chi connectivity index (χ1n) is 6.79. The number of aliphatic hydroxyl groups is 1. The molecule has 0 aromatic heterocycles. The highest BCUT2D eigenvalue weighted by atomic mass is 16.3. The molecule has 1 unspecified atom stereocenters. The zero-order valence-corrected chi connectivity index (χ0v) is 11.4. The van der Waals surface area contributed by atoms with Gasteiger partial charge in [-0.3, -0.25) is 4.90 Å². The maximum absolute atomic E-state index is 9.92. The van der Waals surface area contributed by atoms with E-state index in [9.17, 15) is 5.11 Å². The van der Waals surface area contributed by atoms with E-state index in [2.05, 4.69) is 48.5 Å². The van der Waals surface area contributed by atoms with Crippen LogP contribution in [0.4, 0.5) is 0 Å². The maximum atomic E-state index is 9.92. The number of nitrogens with zero attached hydrogens (tertiary/aromatic N) is 1. The fourth-order valence-corrected chi connectivity index (χ4v) is 2.20. The maximum Gasteiger partial charge on any atom is 0.0791 e. The van der Waals surface area contributed by atoms with Crippen LogP contribution in [0, 0.1) is 6.92 Å². The molecule has 1 fully saturated rings. The molecule has 0 heterocycles. The van der Waals surface area contributed by atoms with E-state index in [4.69, 9.17) is 0 Å². The van der Waals surface area contributed by atoms with Gasteiger partial charge in [-0.05, 0) is 32.4 Å². The second-order valence-corrected chi connectivity index (χ2v) is 5.52. The van der Waals surface area contributed by atoms with Gasteiger partial charge in [0.2, 0.25) is 0 Å². The normalized spacial score (nSPS) is 17.1. The minimum atomic E-state index is -0.277. The van der Waals surface area contributed by atoms with Crippen molar-refractivity contribution < 1.29 is 5.11 Å². The summed E-state index contributed by atoms with van der Waals surface area (Å²) < 4.78 is 0. The Kier molecular flexibility index (Phi) is 4.75. The van der Waals surface area contributed by atoms with Gasteiger partial charge in [0.15, 0.2) is 0 Å². The number of benzene rings is 1. The second kappa shape index (κ2) is 6.32. The highest BCUT2D eigenvalue weighted by molar-refractivity contribution is 5.21. The molecule has 1 aromatic carbocycles. The summed E-state index contributed by atoms with van der Waals surface area (Å²) in [5.74, 6) is 0. The third-order valence-corrected chi connectivity index (χ3v) is 3.28. The molecule has 100 valence electrons. The average Bonchev–Trinajstić information content (AvgIpc) is 3.09. The number of hydrogen-bond acceptors (Lipinski definition) is 3. The SMILES string of the molecule is Cc1cccc(CN(C)CC(O)CNC2CC2)c1. The predicted molar refractivity (Wildman–Crippen MR) is 74.5 cm³/mol. The van der Waals surface area contributed by atoms with Crippen molar-refractivity contribution in [2.24, 2.45) is 0 Å². The van der Waals surface area contributed by atoms with Crippen molar-refractivity contribution in [2.75, 3.05) is 20.1 Å². The Bertz CT molecular complexity index is 377. The third-order valence-electron chi connectivity index (χ3n) is 3.28. The van der Waals surface area contributed by atoms with Gasteiger partial charge in [0, 0.05) is 25.7 Å². The van der Waals surface area contributed by atoms with E-state index in [1.807, 2.05) is 0 Å². The van der Waals surface area contributed by atoms with Crippen LogP contribution in [-0.2, 0) is 6.54 Å². The molecule has 1 atom stereocenters. The van der Waals surface area contributed by atoms with Gasteiger partial charge in [-0.2, -0.15) is 0 Å². The minimum absolute atomic E-state index is 0.277. The highest BCUT2D eigenvalue weighted by Crippen LogP contribution is 2.18. The fourth-order valence-electron chi connectivity index (χ4n) is 2.20. The lowest BCUT2D eigenvalue weighted by Gasteiger charge is -2.21. The summed E-state index contributed by atoms with van der Waals surface area (Å²) in [6, 6.07) is 9.20. The third kappa shape index (κ3) is 4.77. The van der Waals surface area contributed by atoms with E-state index in [1.165, 1.54) is 24.0 Å². The molecule has 1 aromatic rings. The van der Waals surface area contributed by atoms with Crippen LogP contribution in [0.15, 0.2) is 24.3 Å². The van der Waals surface area contributed by atoms with Gasteiger partial charge in [0.1, 0.15) is 0 Å². The summed E-state index contributed by atoms with van der Waals surface area (Å²) in [4.78, 5) is 2.17. The Morgan fingerprint density at radius 2 is 2.22 bits per heavy atom. The monoisotopic (exact) mass is 248 g/mol. The van der Waals surface area contributed by atoms with Crippen LogP contribution >= 0.6 is 0 Å². The lowest BCUT2D eigenvalue weighted by atomic mass is 10.1. The summed E-state index contributed by atoms with van der Waals surface area (Å²) in [6.45, 7) is 4.43. The Balaban J connectivity index is 1.71. The lowest BCUT2D eigenvalue weighted by molar-refractivity contribution is 0.121. The summed E-state index contributed by atoms with van der Waals surface area (Å²) in [5.41, 5.74) is 2.59. The van der Waals surface area contributed by atoms with Gasteiger partial charge in [-0.15, -0.1) is 0 Å². The number of nitrogens with one attached hydrogen (secondary N) is 1. The molecule has 0 spiro atoms. The number of aryl methyl sites for hydroxylation is 1. The summed E-state index contributed by atoms with van der Waals surface area (Å²) in [6.07, 6.45) is 2.26. The van der Waals surface area contributed by atoms with E-state index >= 15 is 0 Å². The Morgan fingerprint density at radius 3 is 2.89 bits per heavy atom. The molecule has 1 aliphatic rings. The van der Waals surface area contributed by atoms with Crippen molar-refractivity contribution in [2.45, 2.75) is 38.5 Å². The van der Waals surface area contributed by atoms with Crippen molar-refractivity contribution in [1.29, 1.82) is 0 Å². The predicted octanol–water partition coefficient (Wildman–Crippen LogP) is 1.54. The number of rotatable bonds is 7. The first-order valence-corrected chi connectivity index (χ1v) is 6.79. The molecule has 3 nitrogen and oxygen atoms in total. The number of likely N-dealkylation sites (N-methyl/N-ethyl adjacent to an activating group) is 1. The van der Waals surface area contributed by atoms with Gasteiger partial charge >= 0.3 is 0 Å². The van der Waals surface area contributed by atoms with Crippen LogP contribution in [0.25, 0.3) is 0 Å². The molecule has 2 rings (SSSR count). The molecule has 1 aliphatic carbocycles. The molecule has 2 N–H and O–H groups in total. The molecule has 0 amide bonds. The summed E-state index contributed by atoms with van der Waals surface area (Å²) >= 11 is 0. The van der Waals surface area contributed by atoms with Gasteiger partial charge in [0.25, 0.3) is 0 Å². The van der Waals surface area contributed by atoms with Crippen molar-refractivity contribution >= 4 is 0 Å². The van der Waals surface area contributed by atoms with Crippen LogP contribution in [0.3, 0.4) is 0 Å². The van der Waals surface area contributed by atoms with Crippen molar-refractivity contribution in [3.63, 3.8) is 0 Å². The lowest BCUT2D eigenvalue weighted by Crippen LogP contribution is -2.37. The Hall–Kier alpha value is -0.900. The molecule has 18 heavy (non-hydrogen) atoms. The zero-order valence-electron chi connectivity index (χ0n) is 11.4. The molecule has 3 heteroatoms. The molecule has 0 saturated heterocycles. The Labute approximate surface area is 110 Å². The number of aliphatic hydroxyl groups excluding tert-OH is 1. The number of hydrogen-bond donors (Lipinski definition) is 2. The second-order valence-electron chi connectivity index (χ2n) is 5.52. The molecule has 0 bridgehead atoms. The van der Waals surface area contributed by atoms with E-state index in [-0.39, 0.29) is 6.10 Å². The fraction of sp³-hybridized carbons (Fsp3) is 0.600. The zero-order chi connectivity index (χ0) is 13.0. The molecule has 1 saturated carbocycles. The van der Waals surface area contributed by atoms with Gasteiger partial charge in [0.05, 0.1) is 6.10 Å². The summed E-state index contributed by atoms with van der Waals surface area (Å²) in [5, 5.41) is 13.3. The molecular weight excluding hydrogens is 224 g/mol. The van der Waals surface area contributed by atoms with E-state index in [1.54, 1.807) is 0 Å². The average molecular weight is 248 g/mol. The van der Waals surface area contributed by atoms with E-state index in [0.29, 0.717) is 19.1 Å². The van der Waals surface area contributed by atoms with Gasteiger partial charge < -0.3 is 10.4 Å². The first kappa shape index (κ1) is 13.5. The van der Waals surface area contributed by atoms with Crippen molar-refractivity contribution in [3.05, 3.63) is 35.4 Å². The van der Waals surface area contributed by atoms with Crippen LogP contribution < -0.4 is 5.32 Å². The molecular formula is C15H24N2O. The molecule has 0 aliphatic heterocycles. The van der Waals surface area contributed by atoms with Crippen LogP contribution in [-0.4, -0.2) is 42.3 Å². The highest BCUT2D eigenvalue weighted by Gasteiger charge is 2.21. The van der Waals surface area contributed by atoms with Gasteiger partial charge in [-0.25, -0.2) is 0 Å². The topological polar surface area (TPSA) is 35.5 Å². The van der Waals surface area contributed by atoms with Crippen LogP contribution in [0.2, 0.25) is 0 Å². The van der Waals surface area contributed by atoms with E-state index < -0.39 is 0 Å². The van der Waals surface area contributed by atoms with Crippen LogP contribution in [0.5, 0.6) is 0 Å². The standard InChI is InChI=1S/C15H24N2O/c1-12-4-3-5-13(8-12)10-17(2)11-15(18)9-16-14-6-7-14/h3-5,8,14-16,18H,6-7,9-11H2,1-2H3. The van der Waals surface area contributed by atoms with Crippen molar-refractivity contribution in [1.82, 2.24) is 10.2 Å². The quantitative estimate of drug-likeness (QED) is 0.768. The summed E-state index contributed by atoms with van der Waals surface area (Å²) in [7, 11) is 2.06. The molecule has 0 radical (unpaired) electrons. The smallest absolute Gasteiger partial charge is 0.0791 e. The first-order chi connectivity index (χ1) is 8.63. The minimum Gasteiger partial charge on any atom is -0.390 e. The van der Waals surface area contributed by atoms with Crippen molar-refractivity contribution in [3.8, 4) is 0 Å². The van der Waals surface area contributed by atoms with Gasteiger partial charge in [-0.1, -0.05) is 29.8 Å². The largest absolute Gasteiger partial charge is 0.390 e.